The molecule has 2 aliphatic rings. The third kappa shape index (κ3) is 5.58. The number of piperidine rings is 1. The third-order valence-electron chi connectivity index (χ3n) is 7.46. The Hall–Kier alpha value is -3.42. The molecule has 1 N–H and O–H groups in total. The highest BCUT2D eigenvalue weighted by molar-refractivity contribution is 7.89. The molecule has 1 aromatic carbocycles. The van der Waals surface area contributed by atoms with E-state index in [1.807, 2.05) is 25.1 Å². The predicted octanol–water partition coefficient (Wildman–Crippen LogP) is 1.97. The number of hydrogen-bond acceptors (Lipinski definition) is 9. The van der Waals surface area contributed by atoms with E-state index in [2.05, 4.69) is 19.9 Å². The number of anilines is 2. The molecule has 12 nitrogen and oxygen atoms in total. The molecule has 3 aromatic rings. The van der Waals surface area contributed by atoms with Crippen LogP contribution in [0.2, 0.25) is 5.02 Å². The Bertz CT molecular complexity index is 1520. The van der Waals surface area contributed by atoms with Gasteiger partial charge in [0, 0.05) is 62.4 Å². The van der Waals surface area contributed by atoms with E-state index in [1.165, 1.54) is 18.1 Å². The van der Waals surface area contributed by atoms with Crippen molar-refractivity contribution in [1.82, 2.24) is 24.2 Å². The highest BCUT2D eigenvalue weighted by Crippen LogP contribution is 2.28. The van der Waals surface area contributed by atoms with E-state index in [0.29, 0.717) is 28.4 Å². The van der Waals surface area contributed by atoms with E-state index in [-0.39, 0.29) is 24.0 Å². The SMILES string of the molecule is COC(=O)C1CN(S(=O)(=O)c2cc3ccc(Cl)cc3[nH]2)CC(=O)N1CC1CCN(c2ccnc(N(C)C)n2)CC1. The monoisotopic (exact) mass is 589 g/mol. The first-order valence-corrected chi connectivity index (χ1v) is 14.8. The minimum absolute atomic E-state index is 0.0656. The number of fused-ring (bicyclic) bond motifs is 1. The van der Waals surface area contributed by atoms with E-state index in [0.717, 1.165) is 36.1 Å². The second-order valence-corrected chi connectivity index (χ2v) is 12.6. The number of amides is 1. The average Bonchev–Trinajstić information content (AvgIpc) is 3.38. The van der Waals surface area contributed by atoms with Gasteiger partial charge in [-0.05, 0) is 43.0 Å². The molecule has 40 heavy (non-hydrogen) atoms. The Morgan fingerprint density at radius 3 is 2.65 bits per heavy atom. The maximum atomic E-state index is 13.5. The number of halogens is 1. The van der Waals surface area contributed by atoms with E-state index < -0.39 is 27.9 Å². The zero-order chi connectivity index (χ0) is 28.6. The number of aromatic nitrogens is 3. The van der Waals surface area contributed by atoms with Crippen LogP contribution in [0.4, 0.5) is 11.8 Å². The molecule has 2 fully saturated rings. The number of piperazine rings is 1. The molecule has 0 radical (unpaired) electrons. The summed E-state index contributed by atoms with van der Waals surface area (Å²) in [6.45, 7) is 1.27. The van der Waals surface area contributed by atoms with Gasteiger partial charge in [0.15, 0.2) is 0 Å². The molecule has 214 valence electrons. The first kappa shape index (κ1) is 28.1. The fourth-order valence-corrected chi connectivity index (χ4v) is 6.81. The van der Waals surface area contributed by atoms with Gasteiger partial charge >= 0.3 is 5.97 Å². The molecular formula is C26H32ClN7O5S. The number of ether oxygens (including phenoxy) is 1. The Balaban J connectivity index is 1.28. The van der Waals surface area contributed by atoms with Gasteiger partial charge in [0.1, 0.15) is 16.9 Å². The minimum atomic E-state index is -4.09. The molecule has 0 aliphatic carbocycles. The number of sulfonamides is 1. The van der Waals surface area contributed by atoms with Crippen LogP contribution in [0.3, 0.4) is 0 Å². The molecule has 1 amide bonds. The van der Waals surface area contributed by atoms with Crippen molar-refractivity contribution in [3.63, 3.8) is 0 Å². The Morgan fingerprint density at radius 1 is 1.20 bits per heavy atom. The highest BCUT2D eigenvalue weighted by Gasteiger charge is 2.43. The molecular weight excluding hydrogens is 558 g/mol. The van der Waals surface area contributed by atoms with Crippen molar-refractivity contribution < 1.29 is 22.7 Å². The molecule has 4 heterocycles. The molecule has 2 aromatic heterocycles. The average molecular weight is 590 g/mol. The number of rotatable bonds is 7. The van der Waals surface area contributed by atoms with Gasteiger partial charge < -0.3 is 24.4 Å². The zero-order valence-electron chi connectivity index (χ0n) is 22.6. The summed E-state index contributed by atoms with van der Waals surface area (Å²) in [4.78, 5) is 43.4. The summed E-state index contributed by atoms with van der Waals surface area (Å²) in [5.74, 6) is 0.544. The van der Waals surface area contributed by atoms with E-state index in [9.17, 15) is 18.0 Å². The van der Waals surface area contributed by atoms with Crippen LogP contribution >= 0.6 is 11.6 Å². The number of H-pyrrole nitrogens is 1. The van der Waals surface area contributed by atoms with E-state index in [1.54, 1.807) is 24.4 Å². The maximum absolute atomic E-state index is 13.5. The Kier molecular flexibility index (Phi) is 7.89. The van der Waals surface area contributed by atoms with Gasteiger partial charge in [0.2, 0.25) is 11.9 Å². The van der Waals surface area contributed by atoms with Crippen LogP contribution in [-0.4, -0.2) is 104 Å². The molecule has 2 aliphatic heterocycles. The lowest BCUT2D eigenvalue weighted by Gasteiger charge is -2.41. The van der Waals surface area contributed by atoms with Gasteiger partial charge in [0.05, 0.1) is 13.7 Å². The molecule has 0 spiro atoms. The summed E-state index contributed by atoms with van der Waals surface area (Å²) in [5, 5.41) is 1.07. The Morgan fingerprint density at radius 2 is 1.95 bits per heavy atom. The minimum Gasteiger partial charge on any atom is -0.467 e. The molecule has 0 bridgehead atoms. The van der Waals surface area contributed by atoms with E-state index >= 15 is 0 Å². The van der Waals surface area contributed by atoms with Crippen LogP contribution in [0, 0.1) is 5.92 Å². The lowest BCUT2D eigenvalue weighted by Crippen LogP contribution is -2.61. The zero-order valence-corrected chi connectivity index (χ0v) is 24.2. The van der Waals surface area contributed by atoms with Gasteiger partial charge in [-0.3, -0.25) is 4.79 Å². The second kappa shape index (κ2) is 11.2. The number of nitrogens with zero attached hydrogens (tertiary/aromatic N) is 6. The number of aromatic amines is 1. The number of carbonyl (C=O) groups excluding carboxylic acids is 2. The maximum Gasteiger partial charge on any atom is 0.329 e. The standard InChI is InChI=1S/C26H32ClN7O5S/c1-31(2)26-28-9-6-22(30-26)32-10-7-17(8-11-32)14-34-21(25(36)39-3)15-33(16-24(34)35)40(37,38)23-12-18-4-5-19(27)13-20(18)29-23/h4-6,9,12-13,17,21,29H,7-8,10-11,14-16H2,1-3H3. The van der Waals surface area contributed by atoms with Crippen LogP contribution in [0.15, 0.2) is 41.6 Å². The smallest absolute Gasteiger partial charge is 0.329 e. The lowest BCUT2D eigenvalue weighted by atomic mass is 9.95. The van der Waals surface area contributed by atoms with Gasteiger partial charge in [-0.25, -0.2) is 18.2 Å². The van der Waals surface area contributed by atoms with Crippen LogP contribution in [0.5, 0.6) is 0 Å². The summed E-state index contributed by atoms with van der Waals surface area (Å²) in [6.07, 6.45) is 3.32. The van der Waals surface area contributed by atoms with Crippen molar-refractivity contribution in [1.29, 1.82) is 0 Å². The summed E-state index contributed by atoms with van der Waals surface area (Å²) >= 11 is 6.04. The van der Waals surface area contributed by atoms with Crippen molar-refractivity contribution in [2.45, 2.75) is 23.9 Å². The van der Waals surface area contributed by atoms with Crippen molar-refractivity contribution in [3.05, 3.63) is 41.6 Å². The highest BCUT2D eigenvalue weighted by atomic mass is 35.5. The summed E-state index contributed by atoms with van der Waals surface area (Å²) in [5.41, 5.74) is 0.562. The molecule has 0 saturated carbocycles. The van der Waals surface area contributed by atoms with E-state index in [4.69, 9.17) is 16.3 Å². The van der Waals surface area contributed by atoms with Crippen LogP contribution in [-0.2, 0) is 24.3 Å². The van der Waals surface area contributed by atoms with Crippen LogP contribution in [0.1, 0.15) is 12.8 Å². The summed E-state index contributed by atoms with van der Waals surface area (Å²) in [6, 6.07) is 7.35. The summed E-state index contributed by atoms with van der Waals surface area (Å²) < 4.78 is 33.0. The van der Waals surface area contributed by atoms with Crippen molar-refractivity contribution >= 4 is 56.2 Å². The van der Waals surface area contributed by atoms with Gasteiger partial charge in [-0.1, -0.05) is 17.7 Å². The third-order valence-corrected chi connectivity index (χ3v) is 9.43. The molecule has 5 rings (SSSR count). The number of hydrogen-bond donors (Lipinski definition) is 1. The predicted molar refractivity (Wildman–Crippen MR) is 151 cm³/mol. The fraction of sp³-hybridized carbons (Fsp3) is 0.462. The van der Waals surface area contributed by atoms with Crippen molar-refractivity contribution in [3.8, 4) is 0 Å². The summed E-state index contributed by atoms with van der Waals surface area (Å²) in [7, 11) is 0.927. The van der Waals surface area contributed by atoms with Gasteiger partial charge in [-0.15, -0.1) is 0 Å². The quantitative estimate of drug-likeness (QED) is 0.411. The van der Waals surface area contributed by atoms with Gasteiger partial charge in [-0.2, -0.15) is 9.29 Å². The number of carbonyl (C=O) groups is 2. The number of methoxy groups -OCH3 is 1. The Labute approximate surface area is 237 Å². The van der Waals surface area contributed by atoms with Crippen LogP contribution < -0.4 is 9.80 Å². The number of nitrogens with one attached hydrogen (secondary N) is 1. The topological polar surface area (TPSA) is 132 Å². The van der Waals surface area contributed by atoms with Gasteiger partial charge in [0.25, 0.3) is 10.0 Å². The molecule has 1 unspecified atom stereocenters. The lowest BCUT2D eigenvalue weighted by molar-refractivity contribution is -0.157. The van der Waals surface area contributed by atoms with Crippen LogP contribution in [0.25, 0.3) is 10.9 Å². The second-order valence-electron chi connectivity index (χ2n) is 10.3. The first-order chi connectivity index (χ1) is 19.1. The molecule has 14 heteroatoms. The number of esters is 1. The fourth-order valence-electron chi connectivity index (χ4n) is 5.23. The first-order valence-electron chi connectivity index (χ1n) is 13.0. The normalized spacial score (nSPS) is 19.3. The largest absolute Gasteiger partial charge is 0.467 e. The molecule has 2 saturated heterocycles. The number of benzene rings is 1. The molecule has 1 atom stereocenters. The van der Waals surface area contributed by atoms with Crippen molar-refractivity contribution in [2.75, 3.05) is 63.7 Å². The van der Waals surface area contributed by atoms with Crippen molar-refractivity contribution in [2.24, 2.45) is 5.92 Å².